The Balaban J connectivity index is 0.00000128. The summed E-state index contributed by atoms with van der Waals surface area (Å²) in [5.74, 6) is 1.03. The van der Waals surface area contributed by atoms with Crippen LogP contribution in [0, 0.1) is 5.92 Å². The summed E-state index contributed by atoms with van der Waals surface area (Å²) >= 11 is 0. The van der Waals surface area contributed by atoms with Crippen LogP contribution in [-0.2, 0) is 0 Å². The van der Waals surface area contributed by atoms with Gasteiger partial charge in [0.05, 0.1) is 0 Å². The average Bonchev–Trinajstić information content (AvgIpc) is 2.30. The highest BCUT2D eigenvalue weighted by molar-refractivity contribution is 4.86. The Morgan fingerprint density at radius 3 is 2.12 bits per heavy atom. The Bertz CT molecular complexity index is 187. The SMILES string of the molecule is CC(C)N1CCCCC1C1CCCCC1.O. The maximum atomic E-state index is 2.79. The van der Waals surface area contributed by atoms with Gasteiger partial charge >= 0.3 is 0 Å². The van der Waals surface area contributed by atoms with E-state index in [4.69, 9.17) is 0 Å². The predicted molar refractivity (Wildman–Crippen MR) is 69.7 cm³/mol. The summed E-state index contributed by atoms with van der Waals surface area (Å²) < 4.78 is 0. The quantitative estimate of drug-likeness (QED) is 0.714. The molecule has 1 atom stereocenters. The van der Waals surface area contributed by atoms with Crippen LogP contribution in [0.4, 0.5) is 0 Å². The predicted octanol–water partition coefficient (Wildman–Crippen LogP) is 3.00. The van der Waals surface area contributed by atoms with Crippen molar-refractivity contribution < 1.29 is 5.48 Å². The largest absolute Gasteiger partial charge is 0.412 e. The number of piperidine rings is 1. The van der Waals surface area contributed by atoms with Crippen molar-refractivity contribution in [1.82, 2.24) is 4.90 Å². The van der Waals surface area contributed by atoms with Crippen LogP contribution in [0.15, 0.2) is 0 Å². The molecule has 0 spiro atoms. The van der Waals surface area contributed by atoms with Gasteiger partial charge in [0.25, 0.3) is 0 Å². The van der Waals surface area contributed by atoms with Crippen LogP contribution in [0.1, 0.15) is 65.2 Å². The third-order valence-corrected chi connectivity index (χ3v) is 4.45. The monoisotopic (exact) mass is 227 g/mol. The van der Waals surface area contributed by atoms with E-state index in [1.165, 1.54) is 57.9 Å². The Labute approximate surface area is 101 Å². The van der Waals surface area contributed by atoms with Gasteiger partial charge in [-0.25, -0.2) is 0 Å². The van der Waals surface area contributed by atoms with Crippen molar-refractivity contribution in [2.75, 3.05) is 6.54 Å². The maximum absolute atomic E-state index is 2.79. The minimum atomic E-state index is 0. The molecule has 0 bridgehead atoms. The van der Waals surface area contributed by atoms with Crippen LogP contribution in [0.5, 0.6) is 0 Å². The number of nitrogens with zero attached hydrogens (tertiary/aromatic N) is 1. The van der Waals surface area contributed by atoms with Gasteiger partial charge in [-0.2, -0.15) is 0 Å². The van der Waals surface area contributed by atoms with E-state index >= 15 is 0 Å². The molecule has 2 aliphatic rings. The Hall–Kier alpha value is -0.0800. The molecule has 1 aliphatic carbocycles. The first-order valence-electron chi connectivity index (χ1n) is 7.05. The van der Waals surface area contributed by atoms with Gasteiger partial charge in [-0.3, -0.25) is 4.90 Å². The molecule has 0 aromatic rings. The second-order valence-electron chi connectivity index (χ2n) is 5.79. The van der Waals surface area contributed by atoms with Crippen LogP contribution < -0.4 is 0 Å². The molecule has 0 aromatic heterocycles. The molecule has 0 radical (unpaired) electrons. The highest BCUT2D eigenvalue weighted by atomic mass is 16.0. The van der Waals surface area contributed by atoms with E-state index in [0.29, 0.717) is 0 Å². The lowest BCUT2D eigenvalue weighted by Gasteiger charge is -2.44. The van der Waals surface area contributed by atoms with Gasteiger partial charge in [-0.05, 0) is 52.0 Å². The molecule has 1 aliphatic heterocycles. The number of likely N-dealkylation sites (tertiary alicyclic amines) is 1. The number of rotatable bonds is 2. The van der Waals surface area contributed by atoms with E-state index in [2.05, 4.69) is 18.7 Å². The van der Waals surface area contributed by atoms with Gasteiger partial charge in [0.2, 0.25) is 0 Å². The van der Waals surface area contributed by atoms with Gasteiger partial charge in [0, 0.05) is 12.1 Å². The van der Waals surface area contributed by atoms with Crippen molar-refractivity contribution in [1.29, 1.82) is 0 Å². The number of hydrogen-bond acceptors (Lipinski definition) is 1. The summed E-state index contributed by atoms with van der Waals surface area (Å²) in [5, 5.41) is 0. The molecule has 16 heavy (non-hydrogen) atoms. The lowest BCUT2D eigenvalue weighted by Crippen LogP contribution is -2.48. The van der Waals surface area contributed by atoms with Crippen molar-refractivity contribution in [3.8, 4) is 0 Å². The lowest BCUT2D eigenvalue weighted by atomic mass is 9.79. The van der Waals surface area contributed by atoms with E-state index in [9.17, 15) is 0 Å². The second kappa shape index (κ2) is 6.61. The van der Waals surface area contributed by atoms with Crippen molar-refractivity contribution in [3.63, 3.8) is 0 Å². The summed E-state index contributed by atoms with van der Waals surface area (Å²) in [7, 11) is 0. The first-order chi connectivity index (χ1) is 7.29. The van der Waals surface area contributed by atoms with Crippen LogP contribution in [-0.4, -0.2) is 29.0 Å². The van der Waals surface area contributed by atoms with E-state index < -0.39 is 0 Å². The third kappa shape index (κ3) is 3.21. The smallest absolute Gasteiger partial charge is 0.0126 e. The van der Waals surface area contributed by atoms with Gasteiger partial charge in [0.15, 0.2) is 0 Å². The van der Waals surface area contributed by atoms with Gasteiger partial charge in [0.1, 0.15) is 0 Å². The molecule has 1 heterocycles. The van der Waals surface area contributed by atoms with E-state index in [0.717, 1.165) is 18.0 Å². The van der Waals surface area contributed by atoms with Crippen LogP contribution in [0.2, 0.25) is 0 Å². The van der Waals surface area contributed by atoms with Crippen molar-refractivity contribution in [2.24, 2.45) is 5.92 Å². The van der Waals surface area contributed by atoms with E-state index in [1.54, 1.807) is 0 Å². The minimum absolute atomic E-state index is 0. The zero-order chi connectivity index (χ0) is 10.7. The fourth-order valence-corrected chi connectivity index (χ4v) is 3.65. The molecule has 0 amide bonds. The summed E-state index contributed by atoms with van der Waals surface area (Å²) in [6, 6.07) is 1.69. The molecule has 1 unspecified atom stereocenters. The fraction of sp³-hybridized carbons (Fsp3) is 1.00. The Kier molecular flexibility index (Phi) is 5.77. The van der Waals surface area contributed by atoms with Crippen molar-refractivity contribution in [2.45, 2.75) is 77.3 Å². The molecule has 2 heteroatoms. The highest BCUT2D eigenvalue weighted by Crippen LogP contribution is 2.34. The maximum Gasteiger partial charge on any atom is 0.0126 e. The van der Waals surface area contributed by atoms with Crippen molar-refractivity contribution >= 4 is 0 Å². The van der Waals surface area contributed by atoms with Gasteiger partial charge < -0.3 is 5.48 Å². The fourth-order valence-electron chi connectivity index (χ4n) is 3.65. The Morgan fingerprint density at radius 2 is 1.50 bits per heavy atom. The average molecular weight is 227 g/mol. The first-order valence-corrected chi connectivity index (χ1v) is 7.05. The van der Waals surface area contributed by atoms with Crippen molar-refractivity contribution in [3.05, 3.63) is 0 Å². The molecule has 1 saturated carbocycles. The molecule has 2 fully saturated rings. The topological polar surface area (TPSA) is 34.7 Å². The summed E-state index contributed by atoms with van der Waals surface area (Å²) in [6.45, 7) is 6.11. The molecule has 2 N–H and O–H groups in total. The van der Waals surface area contributed by atoms with Crippen LogP contribution in [0.3, 0.4) is 0 Å². The highest BCUT2D eigenvalue weighted by Gasteiger charge is 2.31. The first kappa shape index (κ1) is 14.0. The van der Waals surface area contributed by atoms with Gasteiger partial charge in [-0.1, -0.05) is 25.7 Å². The van der Waals surface area contributed by atoms with E-state index in [-0.39, 0.29) is 5.48 Å². The lowest BCUT2D eigenvalue weighted by molar-refractivity contribution is 0.0555. The summed E-state index contributed by atoms with van der Waals surface area (Å²) in [5.41, 5.74) is 0. The van der Waals surface area contributed by atoms with Gasteiger partial charge in [-0.15, -0.1) is 0 Å². The third-order valence-electron chi connectivity index (χ3n) is 4.45. The Morgan fingerprint density at radius 1 is 0.875 bits per heavy atom. The molecular formula is C14H29NO. The normalized spacial score (nSPS) is 29.1. The van der Waals surface area contributed by atoms with Crippen LogP contribution in [0.25, 0.3) is 0 Å². The zero-order valence-corrected chi connectivity index (χ0v) is 11.0. The summed E-state index contributed by atoms with van der Waals surface area (Å²) in [4.78, 5) is 2.79. The molecule has 2 rings (SSSR count). The molecule has 96 valence electrons. The van der Waals surface area contributed by atoms with Crippen LogP contribution >= 0.6 is 0 Å². The zero-order valence-electron chi connectivity index (χ0n) is 11.0. The van der Waals surface area contributed by atoms with E-state index in [1.807, 2.05) is 0 Å². The summed E-state index contributed by atoms with van der Waals surface area (Å²) in [6.07, 6.45) is 11.9. The molecule has 0 aromatic carbocycles. The standard InChI is InChI=1S/C14H27N.H2O/c1-12(2)15-11-7-6-10-14(15)13-8-4-3-5-9-13;/h12-14H,3-11H2,1-2H3;1H2. The number of hydrogen-bond donors (Lipinski definition) is 0. The molecular weight excluding hydrogens is 198 g/mol. The minimum Gasteiger partial charge on any atom is -0.412 e. The second-order valence-corrected chi connectivity index (χ2v) is 5.79. The molecule has 2 nitrogen and oxygen atoms in total. The molecule has 1 saturated heterocycles.